The number of ketones is 1. The molecule has 3 heteroatoms. The Morgan fingerprint density at radius 2 is 1.88 bits per heavy atom. The van der Waals surface area contributed by atoms with E-state index in [9.17, 15) is 4.79 Å². The fourth-order valence-corrected chi connectivity index (χ4v) is 2.24. The molecule has 0 fully saturated rings. The van der Waals surface area contributed by atoms with Gasteiger partial charge in [-0.25, -0.2) is 0 Å². The van der Waals surface area contributed by atoms with Gasteiger partial charge in [0.2, 0.25) is 0 Å². The maximum absolute atomic E-state index is 12.1. The van der Waals surface area contributed by atoms with Crippen molar-refractivity contribution in [1.29, 1.82) is 0 Å². The van der Waals surface area contributed by atoms with Crippen LogP contribution >= 0.6 is 0 Å². The van der Waals surface area contributed by atoms with Crippen molar-refractivity contribution in [1.82, 2.24) is 0 Å². The molecule has 0 radical (unpaired) electrons. The SMILES string of the molecule is CC=C(CC)Oc1ccc(C=CC(=O)c2ccccc2)c(OC)c1. The number of rotatable bonds is 7. The number of carbonyl (C=O) groups excluding carboxylic acids is 1. The molecule has 0 atom stereocenters. The largest absolute Gasteiger partial charge is 0.496 e. The van der Waals surface area contributed by atoms with Gasteiger partial charge in [-0.05, 0) is 37.3 Å². The molecule has 24 heavy (non-hydrogen) atoms. The molecule has 0 bridgehead atoms. The Bertz CT molecular complexity index is 743. The van der Waals surface area contributed by atoms with Crippen LogP contribution in [0.4, 0.5) is 0 Å². The van der Waals surface area contributed by atoms with E-state index in [2.05, 4.69) is 0 Å². The van der Waals surface area contributed by atoms with Crippen LogP contribution in [0.15, 0.2) is 66.4 Å². The van der Waals surface area contributed by atoms with Gasteiger partial charge in [0, 0.05) is 23.6 Å². The number of hydrogen-bond donors (Lipinski definition) is 0. The molecule has 0 N–H and O–H groups in total. The molecule has 2 rings (SSSR count). The first kappa shape index (κ1) is 17.5. The second-order valence-corrected chi connectivity index (χ2v) is 5.18. The topological polar surface area (TPSA) is 35.5 Å². The predicted octanol–water partition coefficient (Wildman–Crippen LogP) is 5.28. The van der Waals surface area contributed by atoms with E-state index in [4.69, 9.17) is 9.47 Å². The fraction of sp³-hybridized carbons (Fsp3) is 0.190. The number of hydrogen-bond acceptors (Lipinski definition) is 3. The molecule has 0 heterocycles. The van der Waals surface area contributed by atoms with Gasteiger partial charge in [0.15, 0.2) is 5.78 Å². The summed E-state index contributed by atoms with van der Waals surface area (Å²) in [5.41, 5.74) is 1.49. The Balaban J connectivity index is 2.18. The molecule has 0 aliphatic rings. The van der Waals surface area contributed by atoms with Gasteiger partial charge in [-0.2, -0.15) is 0 Å². The molecule has 0 aliphatic carbocycles. The normalized spacial score (nSPS) is 11.5. The Labute approximate surface area is 143 Å². The van der Waals surface area contributed by atoms with Crippen LogP contribution in [0.2, 0.25) is 0 Å². The lowest BCUT2D eigenvalue weighted by atomic mass is 10.1. The van der Waals surface area contributed by atoms with Gasteiger partial charge in [0.25, 0.3) is 0 Å². The monoisotopic (exact) mass is 322 g/mol. The highest BCUT2D eigenvalue weighted by atomic mass is 16.5. The molecule has 0 aromatic heterocycles. The van der Waals surface area contributed by atoms with Crippen LogP contribution < -0.4 is 9.47 Å². The molecular weight excluding hydrogens is 300 g/mol. The molecule has 0 amide bonds. The smallest absolute Gasteiger partial charge is 0.185 e. The first-order valence-electron chi connectivity index (χ1n) is 7.96. The third kappa shape index (κ3) is 4.59. The molecule has 0 aliphatic heterocycles. The Morgan fingerprint density at radius 3 is 2.50 bits per heavy atom. The Morgan fingerprint density at radius 1 is 1.12 bits per heavy atom. The first-order valence-corrected chi connectivity index (χ1v) is 7.96. The molecule has 2 aromatic carbocycles. The average molecular weight is 322 g/mol. The van der Waals surface area contributed by atoms with Gasteiger partial charge in [0.1, 0.15) is 11.5 Å². The molecule has 0 unspecified atom stereocenters. The lowest BCUT2D eigenvalue weighted by Gasteiger charge is -2.11. The fourth-order valence-electron chi connectivity index (χ4n) is 2.24. The standard InChI is InChI=1S/C21H22O3/c1-4-18(5-2)24-19-13-11-17(21(15-19)23-3)12-14-20(22)16-9-7-6-8-10-16/h4,6-15H,5H2,1-3H3. The quantitative estimate of drug-likeness (QED) is 0.395. The molecule has 124 valence electrons. The number of benzene rings is 2. The molecule has 0 saturated heterocycles. The summed E-state index contributed by atoms with van der Waals surface area (Å²) in [5, 5.41) is 0. The summed E-state index contributed by atoms with van der Waals surface area (Å²) in [7, 11) is 1.60. The summed E-state index contributed by atoms with van der Waals surface area (Å²) in [4.78, 5) is 12.1. The summed E-state index contributed by atoms with van der Waals surface area (Å²) >= 11 is 0. The number of allylic oxidation sites excluding steroid dienone is 3. The zero-order chi connectivity index (χ0) is 17.4. The maximum atomic E-state index is 12.1. The molecule has 0 saturated carbocycles. The number of carbonyl (C=O) groups is 1. The van der Waals surface area contributed by atoms with Gasteiger partial charge < -0.3 is 9.47 Å². The van der Waals surface area contributed by atoms with Crippen molar-refractivity contribution >= 4 is 11.9 Å². The van der Waals surface area contributed by atoms with Crippen molar-refractivity contribution in [2.24, 2.45) is 0 Å². The van der Waals surface area contributed by atoms with Crippen molar-refractivity contribution in [3.63, 3.8) is 0 Å². The Kier molecular flexibility index (Phi) is 6.38. The lowest BCUT2D eigenvalue weighted by Crippen LogP contribution is -1.96. The third-order valence-corrected chi connectivity index (χ3v) is 3.60. The van der Waals surface area contributed by atoms with E-state index >= 15 is 0 Å². The summed E-state index contributed by atoms with van der Waals surface area (Å²) in [6.45, 7) is 3.99. The zero-order valence-corrected chi connectivity index (χ0v) is 14.3. The van der Waals surface area contributed by atoms with E-state index in [0.717, 1.165) is 17.7 Å². The molecular formula is C21H22O3. The first-order chi connectivity index (χ1) is 11.7. The minimum Gasteiger partial charge on any atom is -0.496 e. The van der Waals surface area contributed by atoms with Crippen molar-refractivity contribution in [3.05, 3.63) is 77.6 Å². The number of methoxy groups -OCH3 is 1. The maximum Gasteiger partial charge on any atom is 0.185 e. The zero-order valence-electron chi connectivity index (χ0n) is 14.3. The van der Waals surface area contributed by atoms with Crippen LogP contribution in [-0.2, 0) is 0 Å². The van der Waals surface area contributed by atoms with Gasteiger partial charge in [-0.3, -0.25) is 4.79 Å². The van der Waals surface area contributed by atoms with Crippen LogP contribution in [0.25, 0.3) is 6.08 Å². The van der Waals surface area contributed by atoms with E-state index in [-0.39, 0.29) is 5.78 Å². The van der Waals surface area contributed by atoms with Crippen LogP contribution in [0.3, 0.4) is 0 Å². The van der Waals surface area contributed by atoms with Gasteiger partial charge in [-0.15, -0.1) is 0 Å². The minimum absolute atomic E-state index is 0.0415. The van der Waals surface area contributed by atoms with Crippen LogP contribution in [0.5, 0.6) is 11.5 Å². The van der Waals surface area contributed by atoms with E-state index in [1.54, 1.807) is 31.4 Å². The molecule has 0 spiro atoms. The van der Waals surface area contributed by atoms with Gasteiger partial charge in [-0.1, -0.05) is 37.3 Å². The van der Waals surface area contributed by atoms with E-state index in [1.165, 1.54) is 0 Å². The average Bonchev–Trinajstić information content (AvgIpc) is 2.65. The minimum atomic E-state index is -0.0415. The highest BCUT2D eigenvalue weighted by Gasteiger charge is 2.06. The van der Waals surface area contributed by atoms with Gasteiger partial charge >= 0.3 is 0 Å². The summed E-state index contributed by atoms with van der Waals surface area (Å²) in [6, 6.07) is 14.7. The predicted molar refractivity (Wildman–Crippen MR) is 97.5 cm³/mol. The van der Waals surface area contributed by atoms with Crippen molar-refractivity contribution in [3.8, 4) is 11.5 Å². The van der Waals surface area contributed by atoms with Crippen LogP contribution in [-0.4, -0.2) is 12.9 Å². The van der Waals surface area contributed by atoms with Crippen LogP contribution in [0, 0.1) is 0 Å². The van der Waals surface area contributed by atoms with E-state index < -0.39 is 0 Å². The van der Waals surface area contributed by atoms with Crippen LogP contribution in [0.1, 0.15) is 36.2 Å². The summed E-state index contributed by atoms with van der Waals surface area (Å²) < 4.78 is 11.2. The van der Waals surface area contributed by atoms with Crippen molar-refractivity contribution in [2.75, 3.05) is 7.11 Å². The second-order valence-electron chi connectivity index (χ2n) is 5.18. The van der Waals surface area contributed by atoms with Crippen molar-refractivity contribution in [2.45, 2.75) is 20.3 Å². The molecule has 3 nitrogen and oxygen atoms in total. The third-order valence-electron chi connectivity index (χ3n) is 3.60. The van der Waals surface area contributed by atoms with E-state index in [0.29, 0.717) is 17.1 Å². The highest BCUT2D eigenvalue weighted by Crippen LogP contribution is 2.27. The van der Waals surface area contributed by atoms with Crippen molar-refractivity contribution < 1.29 is 14.3 Å². The number of ether oxygens (including phenoxy) is 2. The lowest BCUT2D eigenvalue weighted by molar-refractivity contribution is 0.104. The molecule has 2 aromatic rings. The second kappa shape index (κ2) is 8.73. The highest BCUT2D eigenvalue weighted by molar-refractivity contribution is 6.06. The Hall–Kier alpha value is -2.81. The summed E-state index contributed by atoms with van der Waals surface area (Å²) in [6.07, 6.45) is 6.08. The van der Waals surface area contributed by atoms with E-state index in [1.807, 2.05) is 56.3 Å². The van der Waals surface area contributed by atoms with Gasteiger partial charge in [0.05, 0.1) is 12.9 Å². The summed E-state index contributed by atoms with van der Waals surface area (Å²) in [5.74, 6) is 2.24.